The molecule has 0 aromatic heterocycles. The van der Waals surface area contributed by atoms with Crippen molar-refractivity contribution in [3.8, 4) is 11.1 Å². The Morgan fingerprint density at radius 2 is 1.72 bits per heavy atom. The molecule has 53 heavy (non-hydrogen) atoms. The van der Waals surface area contributed by atoms with E-state index in [1.807, 2.05) is 0 Å². The van der Waals surface area contributed by atoms with Gasteiger partial charge in [-0.3, -0.25) is 4.79 Å². The number of aliphatic hydroxyl groups is 1. The predicted octanol–water partition coefficient (Wildman–Crippen LogP) is 8.73. The fourth-order valence-corrected chi connectivity index (χ4v) is 6.75. The van der Waals surface area contributed by atoms with Crippen LogP contribution in [0.15, 0.2) is 95.9 Å². The van der Waals surface area contributed by atoms with Crippen molar-refractivity contribution in [2.45, 2.75) is 50.3 Å². The van der Waals surface area contributed by atoms with Gasteiger partial charge in [0.1, 0.15) is 12.6 Å². The van der Waals surface area contributed by atoms with Gasteiger partial charge in [0.2, 0.25) is 5.91 Å². The molecule has 6 rings (SSSR count). The summed E-state index contributed by atoms with van der Waals surface area (Å²) in [5, 5.41) is 10.9. The van der Waals surface area contributed by atoms with Crippen LogP contribution in [0.3, 0.4) is 0 Å². The van der Waals surface area contributed by atoms with Gasteiger partial charge in [-0.05, 0) is 66.7 Å². The molecule has 1 amide bonds. The molecule has 1 unspecified atom stereocenters. The highest BCUT2D eigenvalue weighted by Crippen LogP contribution is 2.41. The van der Waals surface area contributed by atoms with Crippen molar-refractivity contribution in [1.82, 2.24) is 9.80 Å². The molecule has 2 aliphatic rings. The van der Waals surface area contributed by atoms with Crippen LogP contribution in [0.1, 0.15) is 60.5 Å². The quantitative estimate of drug-likeness (QED) is 0.146. The molecule has 1 atom stereocenters. The van der Waals surface area contributed by atoms with Crippen molar-refractivity contribution in [2.24, 2.45) is 0 Å². The first-order valence-electron chi connectivity index (χ1n) is 21.6. The minimum atomic E-state index is -4.57. The van der Waals surface area contributed by atoms with E-state index in [0.29, 0.717) is 11.1 Å². The van der Waals surface area contributed by atoms with Crippen LogP contribution in [0.4, 0.5) is 27.6 Å². The highest BCUT2D eigenvalue weighted by molar-refractivity contribution is 8.02. The summed E-state index contributed by atoms with van der Waals surface area (Å²) >= 11 is 0.101. The van der Waals surface area contributed by atoms with Gasteiger partial charge in [-0.15, -0.1) is 11.8 Å². The van der Waals surface area contributed by atoms with Gasteiger partial charge in [0.15, 0.2) is 11.6 Å². The zero-order chi connectivity index (χ0) is 46.6. The van der Waals surface area contributed by atoms with Crippen LogP contribution in [-0.4, -0.2) is 66.7 Å². The van der Waals surface area contributed by atoms with E-state index >= 15 is 9.18 Å². The molecule has 4 aromatic carbocycles. The average molecular weight is 762 g/mol. The fraction of sp³-hybridized carbons (Fsp3) is 0.341. The number of hydrogen-bond acceptors (Lipinski definition) is 6. The fourth-order valence-electron chi connectivity index (χ4n) is 5.95. The van der Waals surface area contributed by atoms with Crippen molar-refractivity contribution >= 4 is 23.4 Å². The van der Waals surface area contributed by atoms with E-state index in [-0.39, 0.29) is 61.0 Å². The highest BCUT2D eigenvalue weighted by Gasteiger charge is 2.33. The topological polar surface area (TPSA) is 56.3 Å². The zero-order valence-corrected chi connectivity index (χ0v) is 29.5. The summed E-state index contributed by atoms with van der Waals surface area (Å²) in [6.45, 7) is -4.50. The molecule has 4 aromatic rings. The van der Waals surface area contributed by atoms with Crippen molar-refractivity contribution in [1.29, 1.82) is 0 Å². The summed E-state index contributed by atoms with van der Waals surface area (Å²) in [6, 6.07) is 9.39. The van der Waals surface area contributed by atoms with E-state index in [0.717, 1.165) is 40.1 Å². The Bertz CT molecular complexity index is 2400. The number of fused-ring (bicyclic) bond motifs is 1. The third-order valence-electron chi connectivity index (χ3n) is 8.71. The summed E-state index contributed by atoms with van der Waals surface area (Å²) < 4.78 is 163. The molecule has 0 radical (unpaired) electrons. The standard InChI is InChI=1S/C41H42F5N3O3S/c1-27-6-15-36-34(22-27)37(50)23-39(53-26-31-4-3-5-35(42)40(31)43)49(36)25-38(51)48(33-16-18-47(19-17-33)20-21-52-2)24-28-7-9-29(10-8-28)30-11-13-32(14-12-30)41(44,45)46/h3-15,22-23,33,37,50H,16-21,24-26H2,1-2H3/i6D,15D,20D2,22D,23D,24D2,26D2. The van der Waals surface area contributed by atoms with Crippen molar-refractivity contribution in [3.63, 3.8) is 0 Å². The lowest BCUT2D eigenvalue weighted by atomic mass is 9.99. The second kappa shape index (κ2) is 16.8. The Labute approximate surface area is 324 Å². The predicted molar refractivity (Wildman–Crippen MR) is 198 cm³/mol. The van der Waals surface area contributed by atoms with Crippen molar-refractivity contribution in [3.05, 3.63) is 135 Å². The number of halogens is 5. The molecule has 2 aliphatic heterocycles. The summed E-state index contributed by atoms with van der Waals surface area (Å²) in [6.07, 6.45) is -6.53. The Morgan fingerprint density at radius 1 is 1.04 bits per heavy atom. The van der Waals surface area contributed by atoms with Gasteiger partial charge in [0.25, 0.3) is 0 Å². The molecule has 0 aliphatic carbocycles. The number of ether oxygens (including phenoxy) is 1. The summed E-state index contributed by atoms with van der Waals surface area (Å²) in [5.74, 6) is -3.97. The van der Waals surface area contributed by atoms with Crippen molar-refractivity contribution < 1.29 is 50.3 Å². The lowest BCUT2D eigenvalue weighted by Crippen LogP contribution is -2.50. The average Bonchev–Trinajstić information content (AvgIpc) is 3.22. The normalized spacial score (nSPS) is 20.5. The second-order valence-electron chi connectivity index (χ2n) is 12.3. The molecule has 1 saturated heterocycles. The number of nitrogens with zero attached hydrogens (tertiary/aromatic N) is 3. The molecular formula is C41H42F5N3O3S. The number of carbonyl (C=O) groups excluding carboxylic acids is 1. The monoisotopic (exact) mass is 761 g/mol. The molecular weight excluding hydrogens is 710 g/mol. The maximum atomic E-state index is 15.1. The van der Waals surface area contributed by atoms with Gasteiger partial charge in [-0.1, -0.05) is 66.2 Å². The summed E-state index contributed by atoms with van der Waals surface area (Å²) in [7, 11) is 1.33. The molecule has 1 N–H and O–H groups in total. The van der Waals surface area contributed by atoms with Gasteiger partial charge in [-0.2, -0.15) is 13.2 Å². The Hall–Kier alpha value is -4.23. The zero-order valence-electron chi connectivity index (χ0n) is 38.7. The smallest absolute Gasteiger partial charge is 0.384 e. The molecule has 12 heteroatoms. The van der Waals surface area contributed by atoms with Gasteiger partial charge in [0, 0.05) is 67.2 Å². The van der Waals surface area contributed by atoms with E-state index in [9.17, 15) is 25.4 Å². The number of amides is 1. The molecule has 0 bridgehead atoms. The Balaban J connectivity index is 1.45. The lowest BCUT2D eigenvalue weighted by Gasteiger charge is -2.40. The second-order valence-corrected chi connectivity index (χ2v) is 13.1. The number of methoxy groups -OCH3 is 1. The number of alkyl halides is 3. The van der Waals surface area contributed by atoms with E-state index in [1.54, 1.807) is 0 Å². The van der Waals surface area contributed by atoms with Crippen LogP contribution in [0.2, 0.25) is 0 Å². The van der Waals surface area contributed by atoms with Crippen LogP contribution in [0.25, 0.3) is 11.1 Å². The maximum Gasteiger partial charge on any atom is 0.416 e. The number of thioether (sulfide) groups is 1. The SMILES string of the molecule is [2H]C1=C(SC([2H])([2H])c2cccc(F)c2F)N(CC(=O)N(C2CCN(C([2H])([2H])COC)CC2)C([2H])([2H])c2ccc(-c3ccc(C(F)(F)F)cc3)cc2)c2c([2H])c([2H])c(C)c([2H])c2C1O. The van der Waals surface area contributed by atoms with E-state index in [2.05, 4.69) is 0 Å². The van der Waals surface area contributed by atoms with E-state index < -0.39 is 107 Å². The number of likely N-dealkylation sites (tertiary alicyclic amines) is 1. The lowest BCUT2D eigenvalue weighted by molar-refractivity contribution is -0.137. The Morgan fingerprint density at radius 3 is 2.38 bits per heavy atom. The third-order valence-corrected chi connectivity index (χ3v) is 9.56. The van der Waals surface area contributed by atoms with E-state index in [4.69, 9.17) is 15.7 Å². The van der Waals surface area contributed by atoms with Gasteiger partial charge < -0.3 is 24.5 Å². The largest absolute Gasteiger partial charge is 0.416 e. The van der Waals surface area contributed by atoms with Gasteiger partial charge in [0.05, 0.1) is 25.4 Å². The van der Waals surface area contributed by atoms with E-state index in [1.165, 1.54) is 55.3 Å². The van der Waals surface area contributed by atoms with Crippen LogP contribution >= 0.6 is 11.8 Å². The van der Waals surface area contributed by atoms with Gasteiger partial charge in [-0.25, -0.2) is 8.78 Å². The number of piperidine rings is 1. The first-order valence-corrected chi connectivity index (χ1v) is 17.4. The number of aliphatic hydroxyl groups excluding tert-OH is 1. The molecule has 1 fully saturated rings. The first kappa shape index (κ1) is 27.4. The first-order chi connectivity index (χ1) is 29.3. The number of rotatable bonds is 12. The molecule has 0 saturated carbocycles. The summed E-state index contributed by atoms with van der Waals surface area (Å²) in [4.78, 5) is 18.4. The van der Waals surface area contributed by atoms with Crippen molar-refractivity contribution in [2.75, 3.05) is 44.7 Å². The minimum Gasteiger partial charge on any atom is -0.384 e. The molecule has 280 valence electrons. The minimum absolute atomic E-state index is 0.0204. The maximum absolute atomic E-state index is 15.1. The third kappa shape index (κ3) is 9.29. The molecule has 0 spiro atoms. The Kier molecular flexibility index (Phi) is 8.70. The van der Waals surface area contributed by atoms with Crippen LogP contribution in [-0.2, 0) is 27.9 Å². The molecule has 2 heterocycles. The number of carbonyl (C=O) groups is 1. The number of anilines is 1. The highest BCUT2D eigenvalue weighted by atomic mass is 32.2. The number of hydrogen-bond donors (Lipinski definition) is 1. The van der Waals surface area contributed by atoms with Gasteiger partial charge >= 0.3 is 6.18 Å². The molecule has 6 nitrogen and oxygen atoms in total. The van der Waals surface area contributed by atoms with Crippen LogP contribution in [0, 0.1) is 18.6 Å². The van der Waals surface area contributed by atoms with Crippen LogP contribution in [0.5, 0.6) is 0 Å². The summed E-state index contributed by atoms with van der Waals surface area (Å²) in [5.41, 5.74) is -4.70. The number of benzene rings is 4. The van der Waals surface area contributed by atoms with Crippen LogP contribution < -0.4 is 4.90 Å².